The van der Waals surface area contributed by atoms with Crippen molar-refractivity contribution in [2.45, 2.75) is 0 Å². The lowest BCUT2D eigenvalue weighted by molar-refractivity contribution is -0.118. The molecular weight excluding hydrogens is 356 g/mol. The summed E-state index contributed by atoms with van der Waals surface area (Å²) in [5, 5.41) is 5.11. The lowest BCUT2D eigenvalue weighted by Crippen LogP contribution is -2.53. The predicted molar refractivity (Wildman–Crippen MR) is 88.7 cm³/mol. The molecule has 10 nitrogen and oxygen atoms in total. The third-order valence-electron chi connectivity index (χ3n) is 3.21. The third kappa shape index (κ3) is 7.19. The average molecular weight is 383 g/mol. The van der Waals surface area contributed by atoms with Crippen LogP contribution in [0.4, 0.5) is 0 Å². The van der Waals surface area contributed by atoms with Gasteiger partial charge in [0.15, 0.2) is 0 Å². The van der Waals surface area contributed by atoms with Crippen LogP contribution in [0.15, 0.2) is 12.2 Å². The summed E-state index contributed by atoms with van der Waals surface area (Å²) in [4.78, 5) is 23.4. The van der Waals surface area contributed by atoms with Crippen LogP contribution in [0.25, 0.3) is 0 Å². The fraction of sp³-hybridized carbons (Fsp3) is 0.667. The Bertz CT molecular complexity index is 373. The number of carbonyl (C=O) groups is 2. The molecule has 2 N–H and O–H groups in total. The summed E-state index contributed by atoms with van der Waals surface area (Å²) in [5.74, 6) is -0.969. The second-order valence-electron chi connectivity index (χ2n) is 4.36. The van der Waals surface area contributed by atoms with E-state index in [-0.39, 0.29) is 12.3 Å². The second kappa shape index (κ2) is 11.4. The predicted octanol–water partition coefficient (Wildman–Crippen LogP) is -1.39. The molecule has 12 heteroatoms. The largest absolute Gasteiger partial charge is 0.520 e. The SMILES string of the molecule is CO[Si](CNC(=O)/C=C/C(=O)NC[Si](OC)(OC)OC)(OC)OC. The van der Waals surface area contributed by atoms with E-state index in [4.69, 9.17) is 26.6 Å². The Hall–Kier alpha value is -1.13. The number of amides is 2. The molecule has 0 aromatic rings. The van der Waals surface area contributed by atoms with Crippen molar-refractivity contribution in [2.24, 2.45) is 0 Å². The van der Waals surface area contributed by atoms with E-state index in [0.29, 0.717) is 0 Å². The summed E-state index contributed by atoms with van der Waals surface area (Å²) in [5.41, 5.74) is 0. The van der Waals surface area contributed by atoms with Crippen LogP contribution in [0.2, 0.25) is 0 Å². The van der Waals surface area contributed by atoms with Crippen LogP contribution in [0.5, 0.6) is 0 Å². The number of carbonyl (C=O) groups excluding carboxylic acids is 2. The van der Waals surface area contributed by atoms with E-state index in [1.54, 1.807) is 0 Å². The molecule has 0 radical (unpaired) electrons. The van der Waals surface area contributed by atoms with E-state index in [1.807, 2.05) is 0 Å². The second-order valence-corrected chi connectivity index (χ2v) is 10.2. The first-order chi connectivity index (χ1) is 11.4. The van der Waals surface area contributed by atoms with Crippen molar-refractivity contribution in [1.82, 2.24) is 10.6 Å². The first kappa shape index (κ1) is 22.9. The number of rotatable bonds is 12. The zero-order valence-electron chi connectivity index (χ0n) is 14.8. The van der Waals surface area contributed by atoms with Crippen LogP contribution in [0, 0.1) is 0 Å². The van der Waals surface area contributed by atoms with Gasteiger partial charge in [0, 0.05) is 54.8 Å². The molecule has 0 aliphatic heterocycles. The Morgan fingerprint density at radius 3 is 1.12 bits per heavy atom. The van der Waals surface area contributed by atoms with Crippen LogP contribution in [-0.4, -0.2) is 84.4 Å². The van der Waals surface area contributed by atoms with E-state index in [9.17, 15) is 9.59 Å². The zero-order valence-corrected chi connectivity index (χ0v) is 16.8. The van der Waals surface area contributed by atoms with Gasteiger partial charge in [0.25, 0.3) is 0 Å². The van der Waals surface area contributed by atoms with Crippen molar-refractivity contribution < 1.29 is 36.1 Å². The molecule has 0 heterocycles. The summed E-state index contributed by atoms with van der Waals surface area (Å²) in [6.07, 6.45) is 2.33. The lowest BCUT2D eigenvalue weighted by atomic mass is 10.4. The molecule has 0 fully saturated rings. The maximum Gasteiger partial charge on any atom is 0.520 e. The first-order valence-electron chi connectivity index (χ1n) is 6.91. The molecule has 0 unspecified atom stereocenters. The van der Waals surface area contributed by atoms with Gasteiger partial charge in [0.2, 0.25) is 11.8 Å². The molecule has 0 saturated heterocycles. The van der Waals surface area contributed by atoms with Gasteiger partial charge in [-0.15, -0.1) is 0 Å². The van der Waals surface area contributed by atoms with Crippen molar-refractivity contribution in [2.75, 3.05) is 55.0 Å². The van der Waals surface area contributed by atoms with Crippen molar-refractivity contribution in [3.05, 3.63) is 12.2 Å². The first-order valence-corrected chi connectivity index (χ1v) is 10.8. The number of hydrogen-bond donors (Lipinski definition) is 2. The Balaban J connectivity index is 4.42. The highest BCUT2D eigenvalue weighted by molar-refractivity contribution is 6.61. The van der Waals surface area contributed by atoms with Crippen molar-refractivity contribution in [3.8, 4) is 0 Å². The highest BCUT2D eigenvalue weighted by atomic mass is 28.4. The Kier molecular flexibility index (Phi) is 10.9. The molecule has 0 aromatic heterocycles. The van der Waals surface area contributed by atoms with Gasteiger partial charge in [-0.2, -0.15) is 0 Å². The Morgan fingerprint density at radius 1 is 0.667 bits per heavy atom. The molecule has 0 rings (SSSR count). The van der Waals surface area contributed by atoms with E-state index >= 15 is 0 Å². The standard InChI is InChI=1S/C12H26N2O8Si2/c1-17-23(18-2,19-3)9-13-11(15)7-8-12(16)14-10-24(20-4,21-5)22-6/h7-8H,9-10H2,1-6H3,(H,13,15)(H,14,16)/b8-7+. The van der Waals surface area contributed by atoms with E-state index in [1.165, 1.54) is 42.7 Å². The van der Waals surface area contributed by atoms with Gasteiger partial charge in [-0.1, -0.05) is 0 Å². The summed E-state index contributed by atoms with van der Waals surface area (Å²) in [6.45, 7) is 0. The van der Waals surface area contributed by atoms with E-state index in [2.05, 4.69) is 10.6 Å². The van der Waals surface area contributed by atoms with E-state index in [0.717, 1.165) is 12.2 Å². The van der Waals surface area contributed by atoms with E-state index < -0.39 is 29.4 Å². The molecule has 0 aromatic carbocycles. The van der Waals surface area contributed by atoms with Crippen molar-refractivity contribution >= 4 is 29.4 Å². The highest BCUT2D eigenvalue weighted by Gasteiger charge is 2.39. The molecule has 2 amide bonds. The zero-order chi connectivity index (χ0) is 18.6. The minimum Gasteiger partial charge on any atom is -0.376 e. The summed E-state index contributed by atoms with van der Waals surface area (Å²) < 4.78 is 31.0. The van der Waals surface area contributed by atoms with Gasteiger partial charge >= 0.3 is 17.6 Å². The van der Waals surface area contributed by atoms with Crippen LogP contribution in [0.3, 0.4) is 0 Å². The Morgan fingerprint density at radius 2 is 0.917 bits per heavy atom. The number of hydrogen-bond acceptors (Lipinski definition) is 8. The maximum atomic E-state index is 11.7. The fourth-order valence-corrected chi connectivity index (χ4v) is 4.24. The molecule has 24 heavy (non-hydrogen) atoms. The summed E-state index contributed by atoms with van der Waals surface area (Å²) in [7, 11) is 2.82. The minimum absolute atomic E-state index is 0.0777. The normalized spacial score (nSPS) is 12.4. The highest BCUT2D eigenvalue weighted by Crippen LogP contribution is 2.04. The van der Waals surface area contributed by atoms with Crippen molar-refractivity contribution in [3.63, 3.8) is 0 Å². The molecule has 0 aliphatic rings. The van der Waals surface area contributed by atoms with Gasteiger partial charge in [-0.25, -0.2) is 0 Å². The molecule has 140 valence electrons. The van der Waals surface area contributed by atoms with Gasteiger partial charge in [0.1, 0.15) is 0 Å². The van der Waals surface area contributed by atoms with Gasteiger partial charge < -0.3 is 37.2 Å². The van der Waals surface area contributed by atoms with Crippen molar-refractivity contribution in [1.29, 1.82) is 0 Å². The topological polar surface area (TPSA) is 114 Å². The van der Waals surface area contributed by atoms with Crippen LogP contribution >= 0.6 is 0 Å². The minimum atomic E-state index is -2.90. The third-order valence-corrected chi connectivity index (χ3v) is 8.16. The fourth-order valence-electron chi connectivity index (χ4n) is 1.59. The number of nitrogens with one attached hydrogen (secondary N) is 2. The monoisotopic (exact) mass is 382 g/mol. The van der Waals surface area contributed by atoms with Crippen LogP contribution < -0.4 is 10.6 Å². The van der Waals surface area contributed by atoms with Gasteiger partial charge in [0.05, 0.1) is 12.3 Å². The molecule has 0 aliphatic carbocycles. The summed E-state index contributed by atoms with van der Waals surface area (Å²) >= 11 is 0. The summed E-state index contributed by atoms with van der Waals surface area (Å²) in [6, 6.07) is 0. The molecule has 0 saturated carbocycles. The maximum absolute atomic E-state index is 11.7. The molecule has 0 spiro atoms. The average Bonchev–Trinajstić information content (AvgIpc) is 2.63. The van der Waals surface area contributed by atoms with Gasteiger partial charge in [-0.05, 0) is 0 Å². The van der Waals surface area contributed by atoms with Gasteiger partial charge in [-0.3, -0.25) is 9.59 Å². The smallest absolute Gasteiger partial charge is 0.376 e. The molecule has 0 bridgehead atoms. The molecule has 0 atom stereocenters. The Labute approximate surface area is 144 Å². The quantitative estimate of drug-likeness (QED) is 0.313. The lowest BCUT2D eigenvalue weighted by Gasteiger charge is -2.24. The van der Waals surface area contributed by atoms with Crippen LogP contribution in [0.1, 0.15) is 0 Å². The van der Waals surface area contributed by atoms with Crippen LogP contribution in [-0.2, 0) is 36.1 Å². The molecular formula is C12H26N2O8Si2.